The molecule has 2 rings (SSSR count). The van der Waals surface area contributed by atoms with Gasteiger partial charge in [-0.1, -0.05) is 26.7 Å². The minimum absolute atomic E-state index is 0.268. The summed E-state index contributed by atoms with van der Waals surface area (Å²) in [4.78, 5) is 14.8. The summed E-state index contributed by atoms with van der Waals surface area (Å²) < 4.78 is 0. The lowest BCUT2D eigenvalue weighted by molar-refractivity contribution is -0.140. The smallest absolute Gasteiger partial charge is 0.225 e. The van der Waals surface area contributed by atoms with E-state index in [2.05, 4.69) is 18.7 Å². The number of amides is 1. The van der Waals surface area contributed by atoms with Gasteiger partial charge in [-0.15, -0.1) is 0 Å². The minimum Gasteiger partial charge on any atom is -0.339 e. The first-order chi connectivity index (χ1) is 8.24. The molecule has 1 saturated heterocycles. The van der Waals surface area contributed by atoms with Gasteiger partial charge in [0.2, 0.25) is 5.91 Å². The van der Waals surface area contributed by atoms with Crippen LogP contribution in [0.4, 0.5) is 0 Å². The lowest BCUT2D eigenvalue weighted by atomic mass is 9.89. The summed E-state index contributed by atoms with van der Waals surface area (Å²) >= 11 is 0. The molecule has 1 amide bonds. The standard InChI is InChI=1S/C15H27NO/c1-3-14-10-6-7-11-16(14)15(17)12(2)13-8-4-5-9-13/h12-14H,3-11H2,1-2H3. The van der Waals surface area contributed by atoms with Gasteiger partial charge >= 0.3 is 0 Å². The number of likely N-dealkylation sites (tertiary alicyclic amines) is 1. The molecule has 0 aromatic rings. The molecule has 2 nitrogen and oxygen atoms in total. The van der Waals surface area contributed by atoms with E-state index in [-0.39, 0.29) is 5.92 Å². The van der Waals surface area contributed by atoms with E-state index in [1.54, 1.807) is 0 Å². The van der Waals surface area contributed by atoms with Gasteiger partial charge in [0.15, 0.2) is 0 Å². The van der Waals surface area contributed by atoms with Gasteiger partial charge in [-0.3, -0.25) is 4.79 Å². The van der Waals surface area contributed by atoms with Crippen LogP contribution in [0.2, 0.25) is 0 Å². The summed E-state index contributed by atoms with van der Waals surface area (Å²) in [6, 6.07) is 0.528. The van der Waals surface area contributed by atoms with Crippen LogP contribution in [-0.4, -0.2) is 23.4 Å². The Hall–Kier alpha value is -0.530. The number of nitrogens with zero attached hydrogens (tertiary/aromatic N) is 1. The van der Waals surface area contributed by atoms with E-state index in [0.29, 0.717) is 17.9 Å². The maximum absolute atomic E-state index is 12.6. The molecule has 0 radical (unpaired) electrons. The monoisotopic (exact) mass is 237 g/mol. The molecule has 98 valence electrons. The number of piperidine rings is 1. The number of hydrogen-bond acceptors (Lipinski definition) is 1. The fourth-order valence-electron chi connectivity index (χ4n) is 3.64. The molecule has 0 spiro atoms. The first-order valence-corrected chi connectivity index (χ1v) is 7.54. The van der Waals surface area contributed by atoms with Crippen LogP contribution in [0.1, 0.15) is 65.2 Å². The quantitative estimate of drug-likeness (QED) is 0.734. The second-order valence-corrected chi connectivity index (χ2v) is 5.92. The van der Waals surface area contributed by atoms with E-state index in [4.69, 9.17) is 0 Å². The van der Waals surface area contributed by atoms with Crippen LogP contribution in [0.3, 0.4) is 0 Å². The highest BCUT2D eigenvalue weighted by atomic mass is 16.2. The maximum atomic E-state index is 12.6. The lowest BCUT2D eigenvalue weighted by Gasteiger charge is -2.38. The number of carbonyl (C=O) groups is 1. The molecule has 17 heavy (non-hydrogen) atoms. The molecule has 0 N–H and O–H groups in total. The number of rotatable bonds is 3. The maximum Gasteiger partial charge on any atom is 0.225 e. The Morgan fingerprint density at radius 1 is 1.18 bits per heavy atom. The fraction of sp³-hybridized carbons (Fsp3) is 0.933. The fourth-order valence-corrected chi connectivity index (χ4v) is 3.64. The molecule has 2 atom stereocenters. The van der Waals surface area contributed by atoms with Crippen molar-refractivity contribution in [3.05, 3.63) is 0 Å². The van der Waals surface area contributed by atoms with Gasteiger partial charge in [-0.25, -0.2) is 0 Å². The van der Waals surface area contributed by atoms with Crippen molar-refractivity contribution >= 4 is 5.91 Å². The van der Waals surface area contributed by atoms with Crippen molar-refractivity contribution in [2.75, 3.05) is 6.54 Å². The Morgan fingerprint density at radius 2 is 1.82 bits per heavy atom. The third-order valence-electron chi connectivity index (χ3n) is 4.88. The molecule has 1 heterocycles. The van der Waals surface area contributed by atoms with Crippen LogP contribution in [-0.2, 0) is 4.79 Å². The van der Waals surface area contributed by atoms with Crippen LogP contribution in [0.15, 0.2) is 0 Å². The molecule has 2 heteroatoms. The third-order valence-corrected chi connectivity index (χ3v) is 4.88. The molecule has 0 aromatic heterocycles. The number of hydrogen-bond donors (Lipinski definition) is 0. The topological polar surface area (TPSA) is 20.3 Å². The summed E-state index contributed by atoms with van der Waals surface area (Å²) in [6.45, 7) is 5.39. The summed E-state index contributed by atoms with van der Waals surface area (Å²) in [5.41, 5.74) is 0. The van der Waals surface area contributed by atoms with Crippen LogP contribution in [0.5, 0.6) is 0 Å². The largest absolute Gasteiger partial charge is 0.339 e. The van der Waals surface area contributed by atoms with Crippen LogP contribution < -0.4 is 0 Å². The zero-order chi connectivity index (χ0) is 12.3. The van der Waals surface area contributed by atoms with Crippen molar-refractivity contribution in [1.29, 1.82) is 0 Å². The van der Waals surface area contributed by atoms with Gasteiger partial charge in [-0.2, -0.15) is 0 Å². The molecular weight excluding hydrogens is 210 g/mol. The molecule has 2 fully saturated rings. The Kier molecular flexibility index (Phi) is 4.47. The minimum atomic E-state index is 0.268. The Morgan fingerprint density at radius 3 is 2.47 bits per heavy atom. The van der Waals surface area contributed by atoms with Gasteiger partial charge in [-0.05, 0) is 44.4 Å². The normalized spacial score (nSPS) is 28.4. The Labute approximate surface area is 106 Å². The molecule has 1 aliphatic heterocycles. The SMILES string of the molecule is CCC1CCCCN1C(=O)C(C)C1CCCC1. The Bertz CT molecular complexity index is 258. The second-order valence-electron chi connectivity index (χ2n) is 5.92. The van der Waals surface area contributed by atoms with Gasteiger partial charge in [0, 0.05) is 18.5 Å². The molecule has 0 aromatic carbocycles. The van der Waals surface area contributed by atoms with Crippen LogP contribution >= 0.6 is 0 Å². The third kappa shape index (κ3) is 2.83. The first kappa shape index (κ1) is 12.9. The average Bonchev–Trinajstić information content (AvgIpc) is 2.90. The summed E-state index contributed by atoms with van der Waals surface area (Å²) in [7, 11) is 0. The lowest BCUT2D eigenvalue weighted by Crippen LogP contribution is -2.46. The number of carbonyl (C=O) groups excluding carboxylic acids is 1. The molecule has 2 unspecified atom stereocenters. The van der Waals surface area contributed by atoms with Crippen LogP contribution in [0.25, 0.3) is 0 Å². The average molecular weight is 237 g/mol. The molecule has 1 saturated carbocycles. The van der Waals surface area contributed by atoms with Gasteiger partial charge in [0.25, 0.3) is 0 Å². The van der Waals surface area contributed by atoms with E-state index in [9.17, 15) is 4.79 Å². The predicted octanol–water partition coefficient (Wildman–Crippen LogP) is 3.60. The van der Waals surface area contributed by atoms with Gasteiger partial charge in [0.05, 0.1) is 0 Å². The zero-order valence-electron chi connectivity index (χ0n) is 11.5. The van der Waals surface area contributed by atoms with Crippen molar-refractivity contribution in [1.82, 2.24) is 4.90 Å². The van der Waals surface area contributed by atoms with Crippen molar-refractivity contribution < 1.29 is 4.79 Å². The Balaban J connectivity index is 1.96. The van der Waals surface area contributed by atoms with Gasteiger partial charge < -0.3 is 4.90 Å². The molecule has 0 bridgehead atoms. The van der Waals surface area contributed by atoms with Gasteiger partial charge in [0.1, 0.15) is 0 Å². The first-order valence-electron chi connectivity index (χ1n) is 7.54. The molecular formula is C15H27NO. The van der Waals surface area contributed by atoms with E-state index in [1.165, 1.54) is 44.9 Å². The van der Waals surface area contributed by atoms with E-state index in [0.717, 1.165) is 13.0 Å². The highest BCUT2D eigenvalue weighted by Gasteiger charge is 2.33. The molecule has 2 aliphatic rings. The van der Waals surface area contributed by atoms with E-state index < -0.39 is 0 Å². The second kappa shape index (κ2) is 5.88. The summed E-state index contributed by atoms with van der Waals surface area (Å²) in [5.74, 6) is 1.38. The summed E-state index contributed by atoms with van der Waals surface area (Å²) in [6.07, 6.45) is 10.1. The van der Waals surface area contributed by atoms with Crippen molar-refractivity contribution in [2.45, 2.75) is 71.3 Å². The van der Waals surface area contributed by atoms with E-state index in [1.807, 2.05) is 0 Å². The summed E-state index contributed by atoms with van der Waals surface area (Å²) in [5, 5.41) is 0. The zero-order valence-corrected chi connectivity index (χ0v) is 11.5. The van der Waals surface area contributed by atoms with Crippen molar-refractivity contribution in [2.24, 2.45) is 11.8 Å². The highest BCUT2D eigenvalue weighted by Crippen LogP contribution is 2.33. The highest BCUT2D eigenvalue weighted by molar-refractivity contribution is 5.79. The molecule has 1 aliphatic carbocycles. The predicted molar refractivity (Wildman–Crippen MR) is 70.8 cm³/mol. The van der Waals surface area contributed by atoms with E-state index >= 15 is 0 Å². The van der Waals surface area contributed by atoms with Crippen molar-refractivity contribution in [3.8, 4) is 0 Å². The van der Waals surface area contributed by atoms with Crippen molar-refractivity contribution in [3.63, 3.8) is 0 Å². The van der Waals surface area contributed by atoms with Crippen LogP contribution in [0, 0.1) is 11.8 Å².